The second-order valence-electron chi connectivity index (χ2n) is 4.48. The summed E-state index contributed by atoms with van der Waals surface area (Å²) in [4.78, 5) is 15.5. The SMILES string of the molecule is COc1ccc2c(c1C)N(C(N)=O)c1ccccc1S2. The number of ether oxygens (including phenoxy) is 1. The van der Waals surface area contributed by atoms with Crippen molar-refractivity contribution in [2.24, 2.45) is 5.73 Å². The molecule has 2 N–H and O–H groups in total. The number of methoxy groups -OCH3 is 1. The van der Waals surface area contributed by atoms with Crippen LogP contribution in [-0.2, 0) is 0 Å². The van der Waals surface area contributed by atoms with E-state index in [1.54, 1.807) is 23.8 Å². The minimum absolute atomic E-state index is 0.490. The predicted molar refractivity (Wildman–Crippen MR) is 80.0 cm³/mol. The summed E-state index contributed by atoms with van der Waals surface area (Å²) in [5.74, 6) is 0.745. The number of benzene rings is 2. The zero-order chi connectivity index (χ0) is 14.3. The highest BCUT2D eigenvalue weighted by Crippen LogP contribution is 2.50. The number of carbonyl (C=O) groups excluding carboxylic acids is 1. The van der Waals surface area contributed by atoms with Gasteiger partial charge < -0.3 is 10.5 Å². The Morgan fingerprint density at radius 3 is 2.65 bits per heavy atom. The lowest BCUT2D eigenvalue weighted by Gasteiger charge is -2.31. The Morgan fingerprint density at radius 2 is 1.95 bits per heavy atom. The summed E-state index contributed by atoms with van der Waals surface area (Å²) >= 11 is 1.63. The zero-order valence-electron chi connectivity index (χ0n) is 11.2. The van der Waals surface area contributed by atoms with Crippen LogP contribution in [0.5, 0.6) is 5.75 Å². The van der Waals surface area contributed by atoms with Gasteiger partial charge in [0.15, 0.2) is 0 Å². The Labute approximate surface area is 121 Å². The van der Waals surface area contributed by atoms with Crippen LogP contribution >= 0.6 is 11.8 Å². The van der Waals surface area contributed by atoms with Gasteiger partial charge in [0.25, 0.3) is 0 Å². The van der Waals surface area contributed by atoms with Gasteiger partial charge in [-0.25, -0.2) is 4.79 Å². The minimum atomic E-state index is -0.490. The van der Waals surface area contributed by atoms with Crippen LogP contribution < -0.4 is 15.4 Å². The number of nitrogens with zero attached hydrogens (tertiary/aromatic N) is 1. The maximum absolute atomic E-state index is 11.9. The van der Waals surface area contributed by atoms with Gasteiger partial charge in [-0.3, -0.25) is 4.90 Å². The van der Waals surface area contributed by atoms with E-state index in [1.165, 1.54) is 0 Å². The maximum Gasteiger partial charge on any atom is 0.323 e. The van der Waals surface area contributed by atoms with Crippen molar-refractivity contribution in [1.82, 2.24) is 0 Å². The van der Waals surface area contributed by atoms with Gasteiger partial charge >= 0.3 is 6.03 Å². The number of primary amides is 1. The molecule has 0 radical (unpaired) electrons. The third kappa shape index (κ3) is 1.82. The van der Waals surface area contributed by atoms with Crippen LogP contribution in [0.15, 0.2) is 46.2 Å². The molecular formula is C15H14N2O2S. The second kappa shape index (κ2) is 4.76. The number of urea groups is 1. The Bertz CT molecular complexity index is 700. The monoisotopic (exact) mass is 286 g/mol. The predicted octanol–water partition coefficient (Wildman–Crippen LogP) is 3.69. The number of fused-ring (bicyclic) bond motifs is 2. The summed E-state index contributed by atoms with van der Waals surface area (Å²) in [5, 5.41) is 0. The topological polar surface area (TPSA) is 55.6 Å². The first-order valence-corrected chi connectivity index (χ1v) is 6.99. The quantitative estimate of drug-likeness (QED) is 0.870. The van der Waals surface area contributed by atoms with Gasteiger partial charge in [0.2, 0.25) is 0 Å². The molecule has 0 aliphatic carbocycles. The van der Waals surface area contributed by atoms with E-state index in [0.717, 1.165) is 32.5 Å². The first kappa shape index (κ1) is 12.9. The summed E-state index contributed by atoms with van der Waals surface area (Å²) in [7, 11) is 1.62. The fourth-order valence-corrected chi connectivity index (χ4v) is 3.56. The highest BCUT2D eigenvalue weighted by molar-refractivity contribution is 7.99. The molecule has 0 unspecified atom stereocenters. The Kier molecular flexibility index (Phi) is 3.06. The Hall–Kier alpha value is -2.14. The molecule has 0 saturated carbocycles. The number of hydrogen-bond acceptors (Lipinski definition) is 3. The van der Waals surface area contributed by atoms with Gasteiger partial charge in [-0.15, -0.1) is 0 Å². The first-order valence-electron chi connectivity index (χ1n) is 6.17. The average Bonchev–Trinajstić information content (AvgIpc) is 2.45. The largest absolute Gasteiger partial charge is 0.496 e. The van der Waals surface area contributed by atoms with Gasteiger partial charge in [-0.1, -0.05) is 23.9 Å². The van der Waals surface area contributed by atoms with E-state index in [4.69, 9.17) is 10.5 Å². The van der Waals surface area contributed by atoms with Crippen molar-refractivity contribution in [3.05, 3.63) is 42.0 Å². The fourth-order valence-electron chi connectivity index (χ4n) is 2.43. The average molecular weight is 286 g/mol. The lowest BCUT2D eigenvalue weighted by atomic mass is 10.1. The summed E-state index contributed by atoms with van der Waals surface area (Å²) in [6, 6.07) is 11.1. The first-order chi connectivity index (χ1) is 9.63. The number of carbonyl (C=O) groups is 1. The number of para-hydroxylation sites is 1. The minimum Gasteiger partial charge on any atom is -0.496 e. The number of anilines is 2. The van der Waals surface area contributed by atoms with Crippen LogP contribution in [0.3, 0.4) is 0 Å². The van der Waals surface area contributed by atoms with E-state index in [-0.39, 0.29) is 0 Å². The number of nitrogens with two attached hydrogens (primary N) is 1. The second-order valence-corrected chi connectivity index (χ2v) is 5.57. The van der Waals surface area contributed by atoms with Crippen molar-refractivity contribution in [3.8, 4) is 5.75 Å². The van der Waals surface area contributed by atoms with E-state index in [9.17, 15) is 4.79 Å². The van der Waals surface area contributed by atoms with Crippen LogP contribution in [0.2, 0.25) is 0 Å². The van der Waals surface area contributed by atoms with Crippen molar-refractivity contribution >= 4 is 29.2 Å². The van der Waals surface area contributed by atoms with Crippen molar-refractivity contribution in [2.75, 3.05) is 12.0 Å². The summed E-state index contributed by atoms with van der Waals surface area (Å²) in [6.45, 7) is 1.93. The summed E-state index contributed by atoms with van der Waals surface area (Å²) < 4.78 is 5.34. The van der Waals surface area contributed by atoms with Gasteiger partial charge in [-0.2, -0.15) is 0 Å². The third-order valence-corrected chi connectivity index (χ3v) is 4.45. The van der Waals surface area contributed by atoms with Crippen LogP contribution in [0.1, 0.15) is 5.56 Å². The van der Waals surface area contributed by atoms with Crippen molar-refractivity contribution in [3.63, 3.8) is 0 Å². The molecule has 1 heterocycles. The molecule has 20 heavy (non-hydrogen) atoms. The normalized spacial score (nSPS) is 12.6. The number of amides is 2. The standard InChI is InChI=1S/C15H14N2O2S/c1-9-11(19-2)7-8-13-14(9)17(15(16)18)10-5-3-4-6-12(10)20-13/h3-8H,1-2H3,(H2,16,18). The molecule has 0 spiro atoms. The van der Waals surface area contributed by atoms with E-state index in [1.807, 2.05) is 43.3 Å². The molecule has 5 heteroatoms. The molecule has 4 nitrogen and oxygen atoms in total. The highest BCUT2D eigenvalue weighted by Gasteiger charge is 2.29. The highest BCUT2D eigenvalue weighted by atomic mass is 32.2. The number of hydrogen-bond donors (Lipinski definition) is 1. The molecule has 0 aromatic heterocycles. The molecule has 1 aliphatic heterocycles. The molecule has 2 aromatic carbocycles. The maximum atomic E-state index is 11.9. The number of rotatable bonds is 1. The van der Waals surface area contributed by atoms with Gasteiger partial charge in [0, 0.05) is 15.4 Å². The fraction of sp³-hybridized carbons (Fsp3) is 0.133. The van der Waals surface area contributed by atoms with Crippen LogP contribution in [-0.4, -0.2) is 13.1 Å². The summed E-state index contributed by atoms with van der Waals surface area (Å²) in [5.41, 5.74) is 8.12. The van der Waals surface area contributed by atoms with E-state index < -0.39 is 6.03 Å². The summed E-state index contributed by atoms with van der Waals surface area (Å²) in [6.07, 6.45) is 0. The van der Waals surface area contributed by atoms with Crippen molar-refractivity contribution < 1.29 is 9.53 Å². The van der Waals surface area contributed by atoms with Gasteiger partial charge in [0.1, 0.15) is 5.75 Å². The molecule has 102 valence electrons. The molecule has 2 aromatic rings. The van der Waals surface area contributed by atoms with Gasteiger partial charge in [0.05, 0.1) is 18.5 Å². The molecule has 0 fully saturated rings. The Balaban J connectivity index is 2.27. The van der Waals surface area contributed by atoms with Crippen molar-refractivity contribution in [2.45, 2.75) is 16.7 Å². The van der Waals surface area contributed by atoms with E-state index >= 15 is 0 Å². The lowest BCUT2D eigenvalue weighted by Crippen LogP contribution is -2.34. The van der Waals surface area contributed by atoms with Crippen LogP contribution in [0, 0.1) is 6.92 Å². The molecule has 0 atom stereocenters. The van der Waals surface area contributed by atoms with E-state index in [0.29, 0.717) is 0 Å². The van der Waals surface area contributed by atoms with E-state index in [2.05, 4.69) is 0 Å². The zero-order valence-corrected chi connectivity index (χ0v) is 12.0. The molecule has 0 saturated heterocycles. The molecule has 2 amide bonds. The molecule has 1 aliphatic rings. The molecule has 3 rings (SSSR count). The molecule has 0 bridgehead atoms. The third-order valence-electron chi connectivity index (χ3n) is 3.33. The van der Waals surface area contributed by atoms with Crippen LogP contribution in [0.4, 0.5) is 16.2 Å². The lowest BCUT2D eigenvalue weighted by molar-refractivity contribution is 0.256. The Morgan fingerprint density at radius 1 is 1.20 bits per heavy atom. The van der Waals surface area contributed by atoms with Crippen molar-refractivity contribution in [1.29, 1.82) is 0 Å². The van der Waals surface area contributed by atoms with Crippen LogP contribution in [0.25, 0.3) is 0 Å². The molecular weight excluding hydrogens is 272 g/mol. The van der Waals surface area contributed by atoms with Gasteiger partial charge in [-0.05, 0) is 31.2 Å². The smallest absolute Gasteiger partial charge is 0.323 e.